The molecule has 3 heteroatoms. The molecular weight excluding hydrogens is 228 g/mol. The Morgan fingerprint density at radius 2 is 2.00 bits per heavy atom. The number of ether oxygens (including phenoxy) is 1. The first-order valence-electron chi connectivity index (χ1n) is 6.01. The molecule has 0 aliphatic carbocycles. The fourth-order valence-electron chi connectivity index (χ4n) is 1.96. The molecule has 0 aliphatic rings. The molecule has 94 valence electrons. The summed E-state index contributed by atoms with van der Waals surface area (Å²) in [4.78, 5) is 11.1. The summed E-state index contributed by atoms with van der Waals surface area (Å²) in [6.45, 7) is 3.73. The highest BCUT2D eigenvalue weighted by molar-refractivity contribution is 5.90. The molecule has 0 aliphatic heterocycles. The fraction of sp³-hybridized carbons (Fsp3) is 0.267. The van der Waals surface area contributed by atoms with E-state index in [1.807, 2.05) is 43.3 Å². The molecule has 0 radical (unpaired) electrons. The van der Waals surface area contributed by atoms with Crippen LogP contribution >= 0.6 is 0 Å². The van der Waals surface area contributed by atoms with Crippen LogP contribution in [0.15, 0.2) is 36.4 Å². The summed E-state index contributed by atoms with van der Waals surface area (Å²) in [5.74, 6) is -0.257. The summed E-state index contributed by atoms with van der Waals surface area (Å²) < 4.78 is 5.67. The third kappa shape index (κ3) is 2.30. The van der Waals surface area contributed by atoms with Crippen LogP contribution in [-0.4, -0.2) is 17.2 Å². The summed E-state index contributed by atoms with van der Waals surface area (Å²) in [6.07, 6.45) is -0.354. The maximum absolute atomic E-state index is 11.1. The molecule has 2 rings (SSSR count). The molecule has 0 saturated heterocycles. The average Bonchev–Trinajstić information content (AvgIpc) is 2.37. The molecule has 1 N–H and O–H groups in total. The molecule has 0 spiro atoms. The largest absolute Gasteiger partial charge is 0.479 e. The van der Waals surface area contributed by atoms with Gasteiger partial charge >= 0.3 is 5.97 Å². The van der Waals surface area contributed by atoms with Crippen molar-refractivity contribution in [2.24, 2.45) is 0 Å². The minimum atomic E-state index is -0.926. The Labute approximate surface area is 106 Å². The Kier molecular flexibility index (Phi) is 3.51. The van der Waals surface area contributed by atoms with Crippen LogP contribution in [0.2, 0.25) is 0 Å². The summed E-state index contributed by atoms with van der Waals surface area (Å²) in [7, 11) is 0. The van der Waals surface area contributed by atoms with Crippen molar-refractivity contribution < 1.29 is 14.6 Å². The van der Waals surface area contributed by atoms with E-state index in [-0.39, 0.29) is 0 Å². The number of carbonyl (C=O) groups is 1. The number of carboxylic acid groups (broad SMARTS) is 1. The molecule has 2 aromatic carbocycles. The van der Waals surface area contributed by atoms with Crippen molar-refractivity contribution in [1.82, 2.24) is 0 Å². The molecular formula is C15H16O3. The topological polar surface area (TPSA) is 46.5 Å². The van der Waals surface area contributed by atoms with Crippen LogP contribution in [-0.2, 0) is 4.79 Å². The first kappa shape index (κ1) is 12.4. The van der Waals surface area contributed by atoms with Gasteiger partial charge in [0.25, 0.3) is 0 Å². The zero-order chi connectivity index (χ0) is 13.1. The van der Waals surface area contributed by atoms with Gasteiger partial charge in [-0.1, -0.05) is 43.3 Å². The lowest BCUT2D eigenvalue weighted by Gasteiger charge is -2.17. The maximum Gasteiger partial charge on any atom is 0.344 e. The number of fused-ring (bicyclic) bond motifs is 1. The molecule has 0 bridgehead atoms. The average molecular weight is 244 g/mol. The van der Waals surface area contributed by atoms with E-state index in [1.165, 1.54) is 0 Å². The van der Waals surface area contributed by atoms with E-state index in [1.54, 1.807) is 6.92 Å². The molecule has 1 unspecified atom stereocenters. The monoisotopic (exact) mass is 244 g/mol. The van der Waals surface area contributed by atoms with Gasteiger partial charge in [-0.3, -0.25) is 0 Å². The normalized spacial score (nSPS) is 12.3. The highest BCUT2D eigenvalue weighted by Crippen LogP contribution is 2.30. The predicted molar refractivity (Wildman–Crippen MR) is 71.0 cm³/mol. The summed E-state index contributed by atoms with van der Waals surface area (Å²) in [6, 6.07) is 11.8. The van der Waals surface area contributed by atoms with Crippen molar-refractivity contribution in [3.8, 4) is 5.75 Å². The number of rotatable bonds is 4. The summed E-state index contributed by atoms with van der Waals surface area (Å²) >= 11 is 0. The Hall–Kier alpha value is -2.03. The molecule has 0 fully saturated rings. The van der Waals surface area contributed by atoms with Gasteiger partial charge in [0.2, 0.25) is 0 Å². The van der Waals surface area contributed by atoms with Crippen molar-refractivity contribution in [1.29, 1.82) is 0 Å². The highest BCUT2D eigenvalue weighted by Gasteiger charge is 2.18. The minimum absolute atomic E-state index is 0.442. The van der Waals surface area contributed by atoms with Crippen LogP contribution in [0, 0.1) is 6.92 Å². The van der Waals surface area contributed by atoms with Crippen molar-refractivity contribution in [3.63, 3.8) is 0 Å². The number of benzene rings is 2. The second kappa shape index (κ2) is 5.08. The summed E-state index contributed by atoms with van der Waals surface area (Å²) in [5.41, 5.74) is 0.952. The van der Waals surface area contributed by atoms with Crippen LogP contribution < -0.4 is 4.74 Å². The molecule has 0 amide bonds. The number of aryl methyl sites for hydroxylation is 1. The molecule has 0 heterocycles. The van der Waals surface area contributed by atoms with Gasteiger partial charge in [-0.2, -0.15) is 0 Å². The van der Waals surface area contributed by atoms with Gasteiger partial charge in [0, 0.05) is 5.39 Å². The van der Waals surface area contributed by atoms with Crippen LogP contribution in [0.4, 0.5) is 0 Å². The van der Waals surface area contributed by atoms with Crippen molar-refractivity contribution in [3.05, 3.63) is 42.0 Å². The van der Waals surface area contributed by atoms with E-state index in [4.69, 9.17) is 9.84 Å². The molecule has 1 atom stereocenters. The van der Waals surface area contributed by atoms with Crippen LogP contribution in [0.5, 0.6) is 5.75 Å². The van der Waals surface area contributed by atoms with Gasteiger partial charge in [-0.15, -0.1) is 0 Å². The van der Waals surface area contributed by atoms with Gasteiger partial charge in [-0.05, 0) is 24.3 Å². The minimum Gasteiger partial charge on any atom is -0.479 e. The van der Waals surface area contributed by atoms with Crippen molar-refractivity contribution in [2.45, 2.75) is 26.4 Å². The highest BCUT2D eigenvalue weighted by atomic mass is 16.5. The maximum atomic E-state index is 11.1. The number of aliphatic carboxylic acids is 1. The van der Waals surface area contributed by atoms with E-state index >= 15 is 0 Å². The van der Waals surface area contributed by atoms with Gasteiger partial charge in [0.05, 0.1) is 0 Å². The molecule has 3 nitrogen and oxygen atoms in total. The quantitative estimate of drug-likeness (QED) is 0.896. The van der Waals surface area contributed by atoms with Crippen LogP contribution in [0.25, 0.3) is 10.8 Å². The van der Waals surface area contributed by atoms with Gasteiger partial charge in [0.1, 0.15) is 5.75 Å². The van der Waals surface area contributed by atoms with Crippen LogP contribution in [0.3, 0.4) is 0 Å². The first-order valence-corrected chi connectivity index (χ1v) is 6.01. The van der Waals surface area contributed by atoms with E-state index in [9.17, 15) is 4.79 Å². The second-order valence-electron chi connectivity index (χ2n) is 4.29. The smallest absolute Gasteiger partial charge is 0.344 e. The Bertz CT molecular complexity index is 575. The third-order valence-electron chi connectivity index (χ3n) is 2.98. The number of hydrogen-bond donors (Lipinski definition) is 1. The Balaban J connectivity index is 2.49. The fourth-order valence-corrected chi connectivity index (χ4v) is 1.96. The zero-order valence-electron chi connectivity index (χ0n) is 10.5. The lowest BCUT2D eigenvalue weighted by atomic mass is 10.1. The molecule has 0 aromatic heterocycles. The SMILES string of the molecule is CCC(Oc1c(C)ccc2ccccc12)C(=O)O. The van der Waals surface area contributed by atoms with E-state index in [0.717, 1.165) is 16.3 Å². The van der Waals surface area contributed by atoms with E-state index < -0.39 is 12.1 Å². The predicted octanol–water partition coefficient (Wildman–Crippen LogP) is 3.39. The lowest BCUT2D eigenvalue weighted by Crippen LogP contribution is -2.26. The number of hydrogen-bond acceptors (Lipinski definition) is 2. The van der Waals surface area contributed by atoms with Gasteiger partial charge in [0.15, 0.2) is 6.10 Å². The Morgan fingerprint density at radius 3 is 2.67 bits per heavy atom. The van der Waals surface area contributed by atoms with Crippen molar-refractivity contribution >= 4 is 16.7 Å². The molecule has 0 saturated carbocycles. The first-order chi connectivity index (χ1) is 8.63. The van der Waals surface area contributed by atoms with Crippen LogP contribution in [0.1, 0.15) is 18.9 Å². The molecule has 2 aromatic rings. The molecule has 18 heavy (non-hydrogen) atoms. The van der Waals surface area contributed by atoms with E-state index in [0.29, 0.717) is 12.2 Å². The van der Waals surface area contributed by atoms with Gasteiger partial charge in [-0.25, -0.2) is 4.79 Å². The second-order valence-corrected chi connectivity index (χ2v) is 4.29. The standard InChI is InChI=1S/C15H16O3/c1-3-13(15(16)17)18-14-10(2)8-9-11-6-4-5-7-12(11)14/h4-9,13H,3H2,1-2H3,(H,16,17). The zero-order valence-corrected chi connectivity index (χ0v) is 10.5. The lowest BCUT2D eigenvalue weighted by molar-refractivity contribution is -0.145. The number of carboxylic acids is 1. The third-order valence-corrected chi connectivity index (χ3v) is 2.98. The van der Waals surface area contributed by atoms with Crippen molar-refractivity contribution in [2.75, 3.05) is 0 Å². The van der Waals surface area contributed by atoms with Gasteiger partial charge < -0.3 is 9.84 Å². The summed E-state index contributed by atoms with van der Waals surface area (Å²) in [5, 5.41) is 11.1. The Morgan fingerprint density at radius 1 is 1.28 bits per heavy atom. The van der Waals surface area contributed by atoms with E-state index in [2.05, 4.69) is 0 Å².